The normalized spacial score (nSPS) is 14.6. The first kappa shape index (κ1) is 30.3. The van der Waals surface area contributed by atoms with Crippen molar-refractivity contribution in [3.8, 4) is 22.5 Å². The molecule has 0 radical (unpaired) electrons. The summed E-state index contributed by atoms with van der Waals surface area (Å²) < 4.78 is 0. The molecule has 1 saturated carbocycles. The molecule has 8 heteroatoms. The summed E-state index contributed by atoms with van der Waals surface area (Å²) in [6, 6.07) is 18.9. The third-order valence-corrected chi connectivity index (χ3v) is 9.34. The van der Waals surface area contributed by atoms with Crippen LogP contribution in [0.15, 0.2) is 73.1 Å². The Morgan fingerprint density at radius 2 is 1.53 bits per heavy atom. The van der Waals surface area contributed by atoms with Crippen molar-refractivity contribution in [1.82, 2.24) is 15.3 Å². The third-order valence-electron chi connectivity index (χ3n) is 7.79. The van der Waals surface area contributed by atoms with Gasteiger partial charge in [-0.2, -0.15) is 0 Å². The van der Waals surface area contributed by atoms with Crippen LogP contribution in [0.25, 0.3) is 22.5 Å². The van der Waals surface area contributed by atoms with Gasteiger partial charge in [-0.25, -0.2) is 9.97 Å². The maximum atomic E-state index is 13.2. The fourth-order valence-electron chi connectivity index (χ4n) is 4.93. The molecule has 2 aromatic heterocycles. The van der Waals surface area contributed by atoms with E-state index in [-0.39, 0.29) is 17.6 Å². The van der Waals surface area contributed by atoms with E-state index in [0.29, 0.717) is 17.1 Å². The van der Waals surface area contributed by atoms with Crippen molar-refractivity contribution in [2.75, 3.05) is 0 Å². The Labute approximate surface area is 256 Å². The number of thiophene rings is 1. The highest BCUT2D eigenvalue weighted by Crippen LogP contribution is 2.40. The van der Waals surface area contributed by atoms with Gasteiger partial charge in [0.2, 0.25) is 5.91 Å². The van der Waals surface area contributed by atoms with Crippen molar-refractivity contribution in [3.63, 3.8) is 0 Å². The second-order valence-corrected chi connectivity index (χ2v) is 13.5. The maximum Gasteiger partial charge on any atom is 0.325 e. The molecule has 1 amide bonds. The van der Waals surface area contributed by atoms with Crippen LogP contribution in [-0.2, 0) is 21.4 Å². The van der Waals surface area contributed by atoms with E-state index in [1.54, 1.807) is 0 Å². The van der Waals surface area contributed by atoms with Gasteiger partial charge in [0, 0.05) is 40.7 Å². The second kappa shape index (κ2) is 12.6. The Bertz CT molecular complexity index is 1600. The Morgan fingerprint density at radius 1 is 0.907 bits per heavy atom. The number of hydrogen-bond acceptors (Lipinski definition) is 6. The molecule has 0 bridgehead atoms. The number of nitrogens with zero attached hydrogens (tertiary/aromatic N) is 2. The van der Waals surface area contributed by atoms with Crippen LogP contribution >= 0.6 is 11.3 Å². The molecule has 1 fully saturated rings. The average Bonchev–Trinajstić information content (AvgIpc) is 3.71. The number of ketones is 1. The smallest absolute Gasteiger partial charge is 0.325 e. The quantitative estimate of drug-likeness (QED) is 0.180. The number of hydrogen-bond donors (Lipinski definition) is 2. The van der Waals surface area contributed by atoms with Gasteiger partial charge in [-0.1, -0.05) is 69.3 Å². The minimum atomic E-state index is -1.13. The van der Waals surface area contributed by atoms with Gasteiger partial charge in [0.25, 0.3) is 0 Å². The van der Waals surface area contributed by atoms with Gasteiger partial charge in [0.1, 0.15) is 6.04 Å². The largest absolute Gasteiger partial charge is 0.480 e. The van der Waals surface area contributed by atoms with Crippen LogP contribution in [0.1, 0.15) is 78.6 Å². The van der Waals surface area contributed by atoms with Crippen molar-refractivity contribution >= 4 is 29.0 Å². The predicted molar refractivity (Wildman–Crippen MR) is 169 cm³/mol. The molecule has 43 heavy (non-hydrogen) atoms. The summed E-state index contributed by atoms with van der Waals surface area (Å²) >= 11 is 1.44. The number of carbonyl (C=O) groups is 3. The molecular weight excluding hydrogens is 558 g/mol. The van der Waals surface area contributed by atoms with E-state index in [2.05, 4.69) is 60.3 Å². The summed E-state index contributed by atoms with van der Waals surface area (Å²) in [6.07, 6.45) is 6.48. The number of carbonyl (C=O) groups excluding carboxylic acids is 2. The number of Topliss-reactive ketones (excluding diaryl/α,β-unsaturated/α-hetero) is 1. The molecule has 0 spiro atoms. The van der Waals surface area contributed by atoms with Crippen molar-refractivity contribution in [2.45, 2.75) is 70.8 Å². The first-order chi connectivity index (χ1) is 20.5. The Balaban J connectivity index is 1.28. The van der Waals surface area contributed by atoms with Gasteiger partial charge >= 0.3 is 5.97 Å². The third kappa shape index (κ3) is 7.62. The van der Waals surface area contributed by atoms with Gasteiger partial charge < -0.3 is 10.4 Å². The van der Waals surface area contributed by atoms with Crippen molar-refractivity contribution in [1.29, 1.82) is 0 Å². The Morgan fingerprint density at radius 3 is 2.09 bits per heavy atom. The number of carboxylic acids is 1. The molecule has 2 aromatic carbocycles. The first-order valence-corrected chi connectivity index (χ1v) is 15.5. The summed E-state index contributed by atoms with van der Waals surface area (Å²) in [5.74, 6) is -1.12. The molecule has 0 aliphatic heterocycles. The topological polar surface area (TPSA) is 109 Å². The summed E-state index contributed by atoms with van der Waals surface area (Å²) in [4.78, 5) is 48.6. The number of aromatic nitrogens is 2. The van der Waals surface area contributed by atoms with Crippen LogP contribution in [0.3, 0.4) is 0 Å². The lowest BCUT2D eigenvalue weighted by Crippen LogP contribution is -2.42. The molecule has 0 unspecified atom stereocenters. The van der Waals surface area contributed by atoms with Gasteiger partial charge in [0.15, 0.2) is 11.6 Å². The molecule has 1 aliphatic carbocycles. The lowest BCUT2D eigenvalue weighted by molar-refractivity contribution is -0.141. The molecule has 5 rings (SSSR count). The maximum absolute atomic E-state index is 13.2. The number of rotatable bonds is 11. The van der Waals surface area contributed by atoms with Crippen molar-refractivity contribution < 1.29 is 19.5 Å². The molecule has 2 N–H and O–H groups in total. The summed E-state index contributed by atoms with van der Waals surface area (Å²) in [6.45, 7) is 7.68. The van der Waals surface area contributed by atoms with Gasteiger partial charge in [-0.3, -0.25) is 14.4 Å². The van der Waals surface area contributed by atoms with Crippen LogP contribution in [-0.4, -0.2) is 38.8 Å². The first-order valence-electron chi connectivity index (χ1n) is 14.7. The Hall–Kier alpha value is -4.17. The van der Waals surface area contributed by atoms with E-state index in [9.17, 15) is 19.5 Å². The average molecular weight is 596 g/mol. The van der Waals surface area contributed by atoms with E-state index in [1.807, 2.05) is 48.8 Å². The molecule has 4 aromatic rings. The summed E-state index contributed by atoms with van der Waals surface area (Å²) in [5, 5.41) is 11.8. The Kier molecular flexibility index (Phi) is 8.87. The molecule has 0 saturated heterocycles. The van der Waals surface area contributed by atoms with Gasteiger partial charge in [0.05, 0.1) is 4.88 Å². The number of nitrogens with one attached hydrogen (secondary N) is 1. The van der Waals surface area contributed by atoms with Crippen molar-refractivity contribution in [3.05, 3.63) is 93.9 Å². The second-order valence-electron chi connectivity index (χ2n) is 12.4. The highest BCUT2D eigenvalue weighted by atomic mass is 32.1. The molecule has 7 nitrogen and oxygen atoms in total. The highest BCUT2D eigenvalue weighted by Gasteiger charge is 2.27. The monoisotopic (exact) mass is 595 g/mol. The van der Waals surface area contributed by atoms with Crippen LogP contribution in [0.2, 0.25) is 0 Å². The zero-order valence-electron chi connectivity index (χ0n) is 25.0. The van der Waals surface area contributed by atoms with Crippen LogP contribution in [0, 0.1) is 5.92 Å². The molecule has 222 valence electrons. The fourth-order valence-corrected chi connectivity index (χ4v) is 5.94. The lowest BCUT2D eigenvalue weighted by Gasteiger charge is -2.18. The molecule has 2 atom stereocenters. The van der Waals surface area contributed by atoms with Gasteiger partial charge in [-0.15, -0.1) is 11.3 Å². The number of amides is 1. The molecule has 2 heterocycles. The number of benzene rings is 2. The van der Waals surface area contributed by atoms with E-state index >= 15 is 0 Å². The van der Waals surface area contributed by atoms with Crippen molar-refractivity contribution in [2.24, 2.45) is 5.92 Å². The summed E-state index contributed by atoms with van der Waals surface area (Å²) in [5.41, 5.74) is 5.04. The number of aliphatic carboxylic acids is 1. The lowest BCUT2D eigenvalue weighted by atomic mass is 9.92. The highest BCUT2D eigenvalue weighted by molar-refractivity contribution is 7.14. The van der Waals surface area contributed by atoms with E-state index in [4.69, 9.17) is 0 Å². The minimum absolute atomic E-state index is 0.0176. The minimum Gasteiger partial charge on any atom is -0.480 e. The molecule has 1 aliphatic rings. The zero-order chi connectivity index (χ0) is 30.7. The van der Waals surface area contributed by atoms with E-state index < -0.39 is 23.8 Å². The fraction of sp³-hybridized carbons (Fsp3) is 0.343. The predicted octanol–water partition coefficient (Wildman–Crippen LogP) is 7.07. The SMILES string of the molecule is C[C@@H](NC(=O)[C@@H](CC(=O)c1ccc(C(C)(C)C)s1)Cc1ccc(-c2ncc(-c3ccc(C4CC4)cc3)cn2)cc1)C(=O)O. The standard InChI is InChI=1S/C35H37N3O4S/c1-21(34(41)42)38-33(40)27(18-29(39)30-15-16-31(43-30)35(2,3)4)17-22-5-7-26(8-6-22)32-36-19-28(20-37-32)25-13-11-24(12-14-25)23-9-10-23/h5-8,11-16,19-21,23,27H,9-10,17-18H2,1-4H3,(H,38,40)(H,41,42)/t21-,27-/m1/s1. The van der Waals surface area contributed by atoms with Gasteiger partial charge in [-0.05, 0) is 66.3 Å². The zero-order valence-corrected chi connectivity index (χ0v) is 25.8. The number of carboxylic acid groups (broad SMARTS) is 1. The van der Waals surface area contributed by atoms with E-state index in [0.717, 1.165) is 33.0 Å². The van der Waals surface area contributed by atoms with Crippen LogP contribution in [0.4, 0.5) is 0 Å². The summed E-state index contributed by atoms with van der Waals surface area (Å²) in [7, 11) is 0. The molecular formula is C35H37N3O4S. The van der Waals surface area contributed by atoms with Crippen LogP contribution < -0.4 is 5.32 Å². The van der Waals surface area contributed by atoms with E-state index in [1.165, 1.54) is 36.7 Å². The van der Waals surface area contributed by atoms with Crippen LogP contribution in [0.5, 0.6) is 0 Å².